The van der Waals surface area contributed by atoms with Gasteiger partial charge < -0.3 is 30.3 Å². The molecule has 0 fully saturated rings. The highest BCUT2D eigenvalue weighted by Gasteiger charge is 2.29. The fourth-order valence-electron chi connectivity index (χ4n) is 1.17. The molecule has 21 heavy (non-hydrogen) atoms. The van der Waals surface area contributed by atoms with E-state index in [-0.39, 0.29) is 6.29 Å². The fourth-order valence-corrected chi connectivity index (χ4v) is 1.28. The minimum absolute atomic E-state index is 0.0258. The van der Waals surface area contributed by atoms with Gasteiger partial charge in [0.1, 0.15) is 24.4 Å². The summed E-state index contributed by atoms with van der Waals surface area (Å²) in [6, 6.07) is 9.50. The molecule has 116 valence electrons. The van der Waals surface area contributed by atoms with Crippen molar-refractivity contribution in [3.63, 3.8) is 0 Å². The number of nitrogens with zero attached hydrogens (tertiary/aromatic N) is 1. The molecule has 0 bridgehead atoms. The Morgan fingerprint density at radius 2 is 1.71 bits per heavy atom. The second-order valence-corrected chi connectivity index (χ2v) is 4.08. The largest absolute Gasteiger partial charge is 0.394 e. The maximum Gasteiger partial charge on any atom is 0.151 e. The van der Waals surface area contributed by atoms with Crippen molar-refractivity contribution in [2.75, 3.05) is 6.61 Å². The van der Waals surface area contributed by atoms with E-state index in [1.54, 1.807) is 0 Å². The molecule has 0 saturated carbocycles. The summed E-state index contributed by atoms with van der Waals surface area (Å²) in [5, 5.41) is 45.8. The van der Waals surface area contributed by atoms with E-state index in [1.165, 1.54) is 0 Å². The number of carbonyl (C=O) groups is 1. The number of rotatable bonds is 6. The van der Waals surface area contributed by atoms with Gasteiger partial charge in [0.05, 0.1) is 17.5 Å². The number of aliphatic imine (C=N–C) groups is 1. The number of isothiocyanates is 1. The Morgan fingerprint density at radius 3 is 2.14 bits per heavy atom. The van der Waals surface area contributed by atoms with Gasteiger partial charge in [-0.25, -0.2) is 0 Å². The summed E-state index contributed by atoms with van der Waals surface area (Å²) >= 11 is 4.42. The zero-order valence-electron chi connectivity index (χ0n) is 11.0. The molecule has 1 aromatic rings. The van der Waals surface area contributed by atoms with Gasteiger partial charge in [-0.2, -0.15) is 4.99 Å². The Hall–Kier alpha value is -1.51. The van der Waals surface area contributed by atoms with Crippen LogP contribution in [0.5, 0.6) is 0 Å². The van der Waals surface area contributed by atoms with Crippen molar-refractivity contribution in [1.29, 1.82) is 0 Å². The smallest absolute Gasteiger partial charge is 0.151 e. The van der Waals surface area contributed by atoms with Crippen molar-refractivity contribution in [3.8, 4) is 0 Å². The molecule has 5 N–H and O–H groups in total. The lowest BCUT2D eigenvalue weighted by Crippen LogP contribution is -2.46. The maximum atomic E-state index is 9.90. The molecular weight excluding hydrogens is 298 g/mol. The van der Waals surface area contributed by atoms with E-state index in [2.05, 4.69) is 22.4 Å². The highest BCUT2D eigenvalue weighted by Crippen LogP contribution is 2.07. The highest BCUT2D eigenvalue weighted by molar-refractivity contribution is 7.78. The first kappa shape index (κ1) is 19.5. The predicted molar refractivity (Wildman–Crippen MR) is 78.3 cm³/mol. The topological polar surface area (TPSA) is 131 Å². The number of aldehydes is 1. The van der Waals surface area contributed by atoms with Crippen molar-refractivity contribution >= 4 is 29.4 Å². The first-order chi connectivity index (χ1) is 9.97. The van der Waals surface area contributed by atoms with Gasteiger partial charge in [0, 0.05) is 0 Å². The van der Waals surface area contributed by atoms with Crippen LogP contribution in [0.15, 0.2) is 35.3 Å². The molecular formula is C13H17NO6S. The molecule has 0 spiro atoms. The summed E-state index contributed by atoms with van der Waals surface area (Å²) in [6.45, 7) is -0.760. The van der Waals surface area contributed by atoms with E-state index in [0.29, 0.717) is 0 Å². The van der Waals surface area contributed by atoms with E-state index in [4.69, 9.17) is 25.5 Å². The molecule has 0 aliphatic heterocycles. The van der Waals surface area contributed by atoms with E-state index in [9.17, 15) is 4.79 Å². The summed E-state index contributed by atoms with van der Waals surface area (Å²) in [5.41, 5.74) is 0.854. The summed E-state index contributed by atoms with van der Waals surface area (Å²) in [4.78, 5) is 13.7. The molecule has 0 aliphatic carbocycles. The van der Waals surface area contributed by atoms with Crippen LogP contribution in [0.2, 0.25) is 0 Å². The summed E-state index contributed by atoms with van der Waals surface area (Å²) in [5.74, 6) is 0. The number of para-hydroxylation sites is 1. The summed E-state index contributed by atoms with van der Waals surface area (Å²) in [6.07, 6.45) is -6.84. The normalized spacial score (nSPS) is 15.5. The van der Waals surface area contributed by atoms with Gasteiger partial charge in [0.2, 0.25) is 0 Å². The van der Waals surface area contributed by atoms with Crippen molar-refractivity contribution in [1.82, 2.24) is 0 Å². The number of benzene rings is 1. The molecule has 0 amide bonds. The van der Waals surface area contributed by atoms with E-state index >= 15 is 0 Å². The zero-order chi connectivity index (χ0) is 16.3. The number of hydrogen-bond donors (Lipinski definition) is 5. The van der Waals surface area contributed by atoms with Crippen molar-refractivity contribution in [3.05, 3.63) is 30.3 Å². The minimum Gasteiger partial charge on any atom is -0.394 e. The molecule has 0 aliphatic rings. The van der Waals surface area contributed by atoms with E-state index in [1.807, 2.05) is 30.3 Å². The van der Waals surface area contributed by atoms with Gasteiger partial charge in [-0.1, -0.05) is 18.2 Å². The van der Waals surface area contributed by atoms with Crippen LogP contribution in [0, 0.1) is 0 Å². The molecule has 0 unspecified atom stereocenters. The molecule has 1 rings (SSSR count). The average Bonchev–Trinajstić information content (AvgIpc) is 2.53. The van der Waals surface area contributed by atoms with Gasteiger partial charge in [-0.3, -0.25) is 0 Å². The van der Waals surface area contributed by atoms with E-state index in [0.717, 1.165) is 5.69 Å². The molecule has 0 saturated heterocycles. The van der Waals surface area contributed by atoms with Crippen LogP contribution in [0.1, 0.15) is 0 Å². The van der Waals surface area contributed by atoms with Crippen molar-refractivity contribution in [2.24, 2.45) is 4.99 Å². The number of aliphatic hydroxyl groups is 5. The Balaban J connectivity index is 0.000000394. The molecule has 7 nitrogen and oxygen atoms in total. The quantitative estimate of drug-likeness (QED) is 0.260. The standard InChI is InChI=1S/C7H5NS.C6H12O6/c9-6-8-7-4-2-1-3-5-7;7-1-3(9)5(11)6(12)4(10)2-8/h1-5H;1,3-6,8-12H,2H2/t;3-,4-,5-,6-/m.1/s1. The third-order valence-electron chi connectivity index (χ3n) is 2.35. The minimum atomic E-state index is -1.79. The second-order valence-electron chi connectivity index (χ2n) is 3.90. The number of thiocarbonyl (C=S) groups is 1. The highest BCUT2D eigenvalue weighted by atomic mass is 32.1. The summed E-state index contributed by atoms with van der Waals surface area (Å²) < 4.78 is 0. The Kier molecular flexibility index (Phi) is 10.4. The van der Waals surface area contributed by atoms with Crippen LogP contribution in [0.3, 0.4) is 0 Å². The molecule has 4 atom stereocenters. The van der Waals surface area contributed by atoms with Gasteiger partial charge in [0.25, 0.3) is 0 Å². The molecule has 0 radical (unpaired) electrons. The fraction of sp³-hybridized carbons (Fsp3) is 0.385. The lowest BCUT2D eigenvalue weighted by atomic mass is 10.0. The average molecular weight is 315 g/mol. The van der Waals surface area contributed by atoms with Crippen molar-refractivity contribution < 1.29 is 30.3 Å². The number of aliphatic hydroxyl groups excluding tert-OH is 5. The second kappa shape index (κ2) is 11.2. The predicted octanol–water partition coefficient (Wildman–Crippen LogP) is -0.958. The maximum absolute atomic E-state index is 9.90. The van der Waals surface area contributed by atoms with Crippen molar-refractivity contribution in [2.45, 2.75) is 24.4 Å². The monoisotopic (exact) mass is 315 g/mol. The SMILES string of the molecule is O=C[C@@H](O)[C@@H](O)[C@H](O)[C@H](O)CO.S=C=Nc1ccccc1. The van der Waals surface area contributed by atoms with Crippen LogP contribution in [-0.4, -0.2) is 68.0 Å². The van der Waals surface area contributed by atoms with Crippen LogP contribution in [0.25, 0.3) is 0 Å². The van der Waals surface area contributed by atoms with Crippen LogP contribution >= 0.6 is 12.2 Å². The van der Waals surface area contributed by atoms with Crippen LogP contribution in [-0.2, 0) is 4.79 Å². The number of carbonyl (C=O) groups excluding carboxylic acids is 1. The van der Waals surface area contributed by atoms with Gasteiger partial charge in [-0.15, -0.1) is 0 Å². The Bertz CT molecular complexity index is 451. The van der Waals surface area contributed by atoms with Crippen LogP contribution in [0.4, 0.5) is 5.69 Å². The van der Waals surface area contributed by atoms with Gasteiger partial charge in [0.15, 0.2) is 6.29 Å². The third-order valence-corrected chi connectivity index (χ3v) is 2.44. The molecule has 8 heteroatoms. The number of hydrogen-bond acceptors (Lipinski definition) is 8. The van der Waals surface area contributed by atoms with Gasteiger partial charge >= 0.3 is 0 Å². The van der Waals surface area contributed by atoms with Crippen LogP contribution < -0.4 is 0 Å². The van der Waals surface area contributed by atoms with Gasteiger partial charge in [-0.05, 0) is 24.4 Å². The Morgan fingerprint density at radius 1 is 1.14 bits per heavy atom. The third kappa shape index (κ3) is 7.74. The lowest BCUT2D eigenvalue weighted by molar-refractivity contribution is -0.136. The molecule has 0 heterocycles. The first-order valence-corrected chi connectivity index (χ1v) is 6.30. The summed E-state index contributed by atoms with van der Waals surface area (Å²) in [7, 11) is 0. The lowest BCUT2D eigenvalue weighted by Gasteiger charge is -2.22. The first-order valence-electron chi connectivity index (χ1n) is 5.89. The molecule has 1 aromatic carbocycles. The Labute approximate surface area is 126 Å². The van der Waals surface area contributed by atoms with E-state index < -0.39 is 31.0 Å². The zero-order valence-corrected chi connectivity index (χ0v) is 11.8. The molecule has 0 aromatic heterocycles.